The number of nitrogens with one attached hydrogen (secondary N) is 1. The lowest BCUT2D eigenvalue weighted by Crippen LogP contribution is -2.48. The predicted molar refractivity (Wildman–Crippen MR) is 95.2 cm³/mol. The minimum Gasteiger partial charge on any atom is -0.375 e. The van der Waals surface area contributed by atoms with Crippen LogP contribution in [0.15, 0.2) is 35.7 Å². The Balaban J connectivity index is 1.45. The average Bonchev–Trinajstić information content (AvgIpc) is 3.07. The molecule has 1 N–H and O–H groups in total. The predicted octanol–water partition coefficient (Wildman–Crippen LogP) is 2.86. The SMILES string of the molecule is CC1CN(C(=O)NCc2csc(CCc3ccccc3)n2)CCO1. The van der Waals surface area contributed by atoms with Gasteiger partial charge >= 0.3 is 6.03 Å². The number of carbonyl (C=O) groups is 1. The molecule has 5 nitrogen and oxygen atoms in total. The van der Waals surface area contributed by atoms with Crippen molar-refractivity contribution in [3.8, 4) is 0 Å². The van der Waals surface area contributed by atoms with Gasteiger partial charge in [-0.25, -0.2) is 9.78 Å². The van der Waals surface area contributed by atoms with Gasteiger partial charge in [0.15, 0.2) is 0 Å². The second-order valence-corrected chi connectivity index (χ2v) is 6.95. The zero-order valence-corrected chi connectivity index (χ0v) is 14.7. The highest BCUT2D eigenvalue weighted by atomic mass is 32.1. The summed E-state index contributed by atoms with van der Waals surface area (Å²) >= 11 is 1.66. The van der Waals surface area contributed by atoms with Crippen molar-refractivity contribution in [2.45, 2.75) is 32.4 Å². The molecule has 1 fully saturated rings. The number of thiazole rings is 1. The molecule has 2 heterocycles. The maximum absolute atomic E-state index is 12.2. The molecule has 0 bridgehead atoms. The maximum atomic E-state index is 12.2. The number of nitrogens with zero attached hydrogens (tertiary/aromatic N) is 2. The second-order valence-electron chi connectivity index (χ2n) is 6.00. The van der Waals surface area contributed by atoms with Crippen LogP contribution in [-0.4, -0.2) is 41.7 Å². The third-order valence-electron chi connectivity index (χ3n) is 4.02. The van der Waals surface area contributed by atoms with Crippen LogP contribution in [0.2, 0.25) is 0 Å². The van der Waals surface area contributed by atoms with Crippen LogP contribution in [-0.2, 0) is 24.1 Å². The highest BCUT2D eigenvalue weighted by Crippen LogP contribution is 2.13. The van der Waals surface area contributed by atoms with Crippen molar-refractivity contribution in [2.24, 2.45) is 0 Å². The number of amides is 2. The van der Waals surface area contributed by atoms with Crippen LogP contribution in [0.4, 0.5) is 4.79 Å². The molecule has 0 aliphatic carbocycles. The van der Waals surface area contributed by atoms with Gasteiger partial charge in [0.05, 0.1) is 30.0 Å². The minimum atomic E-state index is -0.0380. The van der Waals surface area contributed by atoms with E-state index in [1.807, 2.05) is 18.4 Å². The van der Waals surface area contributed by atoms with Crippen molar-refractivity contribution in [1.82, 2.24) is 15.2 Å². The number of aryl methyl sites for hydroxylation is 2. The zero-order valence-electron chi connectivity index (χ0n) is 13.9. The van der Waals surface area contributed by atoms with Crippen molar-refractivity contribution >= 4 is 17.4 Å². The molecular weight excluding hydrogens is 322 g/mol. The first-order chi connectivity index (χ1) is 11.7. The van der Waals surface area contributed by atoms with Crippen LogP contribution in [0.1, 0.15) is 23.2 Å². The van der Waals surface area contributed by atoms with E-state index in [4.69, 9.17) is 4.74 Å². The molecular formula is C18H23N3O2S. The Morgan fingerprint density at radius 3 is 3.00 bits per heavy atom. The molecule has 0 saturated carbocycles. The molecule has 6 heteroatoms. The number of hydrogen-bond acceptors (Lipinski definition) is 4. The third kappa shape index (κ3) is 4.79. The van der Waals surface area contributed by atoms with Gasteiger partial charge in [0, 0.05) is 24.9 Å². The Hall–Kier alpha value is -1.92. The lowest BCUT2D eigenvalue weighted by molar-refractivity contribution is -0.00352. The first kappa shape index (κ1) is 16.9. The standard InChI is InChI=1S/C18H23N3O2S/c1-14-12-21(9-10-23-14)18(22)19-11-16-13-24-17(20-16)8-7-15-5-3-2-4-6-15/h2-6,13-14H,7-12H2,1H3,(H,19,22). The fourth-order valence-electron chi connectivity index (χ4n) is 2.72. The van der Waals surface area contributed by atoms with E-state index in [2.05, 4.69) is 34.6 Å². The number of carbonyl (C=O) groups excluding carboxylic acids is 1. The summed E-state index contributed by atoms with van der Waals surface area (Å²) in [6, 6.07) is 10.4. The van der Waals surface area contributed by atoms with E-state index >= 15 is 0 Å². The average molecular weight is 345 g/mol. The summed E-state index contributed by atoms with van der Waals surface area (Å²) in [6.07, 6.45) is 2.03. The fourth-order valence-corrected chi connectivity index (χ4v) is 3.52. The van der Waals surface area contributed by atoms with E-state index in [1.54, 1.807) is 16.2 Å². The molecule has 3 rings (SSSR count). The molecule has 2 aromatic rings. The summed E-state index contributed by atoms with van der Waals surface area (Å²) < 4.78 is 5.46. The topological polar surface area (TPSA) is 54.5 Å². The first-order valence-electron chi connectivity index (χ1n) is 8.32. The molecule has 1 aliphatic heterocycles. The number of aromatic nitrogens is 1. The molecule has 1 saturated heterocycles. The summed E-state index contributed by atoms with van der Waals surface area (Å²) in [5.74, 6) is 0. The lowest BCUT2D eigenvalue weighted by atomic mass is 10.1. The van der Waals surface area contributed by atoms with Crippen molar-refractivity contribution in [1.29, 1.82) is 0 Å². The Morgan fingerprint density at radius 2 is 2.21 bits per heavy atom. The van der Waals surface area contributed by atoms with Crippen LogP contribution in [0.25, 0.3) is 0 Å². The molecule has 0 spiro atoms. The van der Waals surface area contributed by atoms with Crippen molar-refractivity contribution in [2.75, 3.05) is 19.7 Å². The van der Waals surface area contributed by atoms with Gasteiger partial charge in [-0.2, -0.15) is 0 Å². The van der Waals surface area contributed by atoms with Crippen LogP contribution in [0.3, 0.4) is 0 Å². The number of rotatable bonds is 5. The minimum absolute atomic E-state index is 0.0380. The maximum Gasteiger partial charge on any atom is 0.317 e. The second kappa shape index (κ2) is 8.26. The van der Waals surface area contributed by atoms with E-state index in [9.17, 15) is 4.79 Å². The van der Waals surface area contributed by atoms with Gasteiger partial charge in [-0.3, -0.25) is 0 Å². The monoisotopic (exact) mass is 345 g/mol. The fraction of sp³-hybridized carbons (Fsp3) is 0.444. The zero-order chi connectivity index (χ0) is 16.8. The van der Waals surface area contributed by atoms with Crippen LogP contribution < -0.4 is 5.32 Å². The van der Waals surface area contributed by atoms with Crippen LogP contribution in [0.5, 0.6) is 0 Å². The van der Waals surface area contributed by atoms with Gasteiger partial charge in [0.25, 0.3) is 0 Å². The first-order valence-corrected chi connectivity index (χ1v) is 9.20. The number of ether oxygens (including phenoxy) is 1. The summed E-state index contributed by atoms with van der Waals surface area (Å²) in [4.78, 5) is 18.6. The molecule has 1 unspecified atom stereocenters. The van der Waals surface area contributed by atoms with Crippen molar-refractivity contribution < 1.29 is 9.53 Å². The van der Waals surface area contributed by atoms with Crippen molar-refractivity contribution in [3.63, 3.8) is 0 Å². The normalized spacial score (nSPS) is 17.7. The number of benzene rings is 1. The molecule has 24 heavy (non-hydrogen) atoms. The quantitative estimate of drug-likeness (QED) is 0.906. The molecule has 2 amide bonds. The van der Waals surface area contributed by atoms with E-state index in [-0.39, 0.29) is 12.1 Å². The molecule has 1 aromatic carbocycles. The number of urea groups is 1. The largest absolute Gasteiger partial charge is 0.375 e. The van der Waals surface area contributed by atoms with E-state index < -0.39 is 0 Å². The molecule has 128 valence electrons. The van der Waals surface area contributed by atoms with Gasteiger partial charge in [-0.05, 0) is 18.9 Å². The molecule has 1 aliphatic rings. The highest BCUT2D eigenvalue weighted by molar-refractivity contribution is 7.09. The summed E-state index contributed by atoms with van der Waals surface area (Å²) in [5.41, 5.74) is 2.25. The summed E-state index contributed by atoms with van der Waals surface area (Å²) in [5, 5.41) is 6.10. The Kier molecular flexibility index (Phi) is 5.82. The Labute approximate surface area is 146 Å². The van der Waals surface area contributed by atoms with E-state index in [0.29, 0.717) is 26.2 Å². The van der Waals surface area contributed by atoms with E-state index in [0.717, 1.165) is 23.5 Å². The highest BCUT2D eigenvalue weighted by Gasteiger charge is 2.21. The Morgan fingerprint density at radius 1 is 1.38 bits per heavy atom. The third-order valence-corrected chi connectivity index (χ3v) is 4.98. The number of morpholine rings is 1. The molecule has 1 aromatic heterocycles. The van der Waals surface area contributed by atoms with Gasteiger partial charge < -0.3 is 15.0 Å². The molecule has 0 radical (unpaired) electrons. The van der Waals surface area contributed by atoms with Crippen LogP contribution in [0, 0.1) is 0 Å². The Bertz CT molecular complexity index is 659. The lowest BCUT2D eigenvalue weighted by Gasteiger charge is -2.31. The van der Waals surface area contributed by atoms with Gasteiger partial charge in [0.2, 0.25) is 0 Å². The van der Waals surface area contributed by atoms with Gasteiger partial charge in [0.1, 0.15) is 0 Å². The van der Waals surface area contributed by atoms with Crippen LogP contribution >= 0.6 is 11.3 Å². The molecule has 1 atom stereocenters. The van der Waals surface area contributed by atoms with Crippen molar-refractivity contribution in [3.05, 3.63) is 52.0 Å². The van der Waals surface area contributed by atoms with E-state index in [1.165, 1.54) is 5.56 Å². The summed E-state index contributed by atoms with van der Waals surface area (Å²) in [7, 11) is 0. The number of hydrogen-bond donors (Lipinski definition) is 1. The van der Waals surface area contributed by atoms with Gasteiger partial charge in [-0.15, -0.1) is 11.3 Å². The van der Waals surface area contributed by atoms with Gasteiger partial charge in [-0.1, -0.05) is 30.3 Å². The summed E-state index contributed by atoms with van der Waals surface area (Å²) in [6.45, 7) is 4.36. The smallest absolute Gasteiger partial charge is 0.317 e.